The van der Waals surface area contributed by atoms with Crippen LogP contribution in [-0.4, -0.2) is 4.98 Å². The number of pyridine rings is 1. The second-order valence-electron chi connectivity index (χ2n) is 11.6. The molecule has 186 valence electrons. The van der Waals surface area contributed by atoms with Gasteiger partial charge in [-0.25, -0.2) is 0 Å². The number of rotatable bonds is 4. The van der Waals surface area contributed by atoms with Crippen molar-refractivity contribution in [1.29, 1.82) is 0 Å². The molecule has 37 heavy (non-hydrogen) atoms. The Morgan fingerprint density at radius 1 is 0.919 bits per heavy atom. The average Bonchev–Trinajstić information content (AvgIpc) is 3.43. The Morgan fingerprint density at radius 3 is 2.51 bits per heavy atom. The van der Waals surface area contributed by atoms with Gasteiger partial charge in [0.05, 0.1) is 0 Å². The van der Waals surface area contributed by atoms with Crippen LogP contribution in [0.25, 0.3) is 54.4 Å². The molecule has 6 rings (SSSR count). The molecule has 0 unspecified atom stereocenters. The molecule has 0 aliphatic carbocycles. The van der Waals surface area contributed by atoms with E-state index in [0.717, 1.165) is 40.0 Å². The summed E-state index contributed by atoms with van der Waals surface area (Å²) < 4.78 is 8.00. The molecule has 0 spiro atoms. The summed E-state index contributed by atoms with van der Waals surface area (Å²) in [6.07, 6.45) is 3.01. The minimum Gasteiger partial charge on any atom is -0.454 e. The van der Waals surface area contributed by atoms with Gasteiger partial charge in [-0.3, -0.25) is 4.98 Å². The Balaban J connectivity index is 1.55. The highest BCUT2D eigenvalue weighted by Crippen LogP contribution is 2.42. The molecule has 3 aromatic carbocycles. The summed E-state index contributed by atoms with van der Waals surface area (Å²) in [7, 11) is 0. The predicted octanol–water partition coefficient (Wildman–Crippen LogP) is 10.3. The fourth-order valence-electron chi connectivity index (χ4n) is 5.49. The molecule has 3 heteroatoms. The fourth-order valence-corrected chi connectivity index (χ4v) is 6.94. The fraction of sp³-hybridized carbons (Fsp3) is 0.265. The van der Waals surface area contributed by atoms with E-state index < -0.39 is 0 Å². The quantitative estimate of drug-likeness (QED) is 0.239. The number of thiophene rings is 1. The molecule has 0 amide bonds. The van der Waals surface area contributed by atoms with Gasteiger partial charge < -0.3 is 4.42 Å². The molecule has 0 saturated heterocycles. The molecule has 0 radical (unpaired) electrons. The van der Waals surface area contributed by atoms with Crippen molar-refractivity contribution in [3.63, 3.8) is 0 Å². The lowest BCUT2D eigenvalue weighted by molar-refractivity contribution is 0.596. The summed E-state index contributed by atoms with van der Waals surface area (Å²) in [5, 5.41) is 4.92. The summed E-state index contributed by atoms with van der Waals surface area (Å²) in [4.78, 5) is 6.31. The molecule has 3 heterocycles. The number of aryl methyl sites for hydroxylation is 1. The van der Waals surface area contributed by atoms with Gasteiger partial charge in [0.15, 0.2) is 5.58 Å². The van der Waals surface area contributed by atoms with Crippen LogP contribution < -0.4 is 0 Å². The van der Waals surface area contributed by atoms with Crippen LogP contribution in [0.2, 0.25) is 0 Å². The maximum atomic E-state index is 6.67. The number of benzene rings is 3. The van der Waals surface area contributed by atoms with Crippen LogP contribution in [0.3, 0.4) is 0 Å². The molecule has 0 N–H and O–H groups in total. The van der Waals surface area contributed by atoms with Crippen molar-refractivity contribution >= 4 is 43.2 Å². The number of fused-ring (bicyclic) bond motifs is 3. The first-order valence-corrected chi connectivity index (χ1v) is 14.0. The lowest BCUT2D eigenvalue weighted by Gasteiger charge is -2.22. The van der Waals surface area contributed by atoms with Gasteiger partial charge >= 0.3 is 0 Å². The van der Waals surface area contributed by atoms with Crippen LogP contribution in [0, 0.1) is 12.8 Å². The molecular formula is C34H33NOS. The van der Waals surface area contributed by atoms with E-state index in [1.165, 1.54) is 36.9 Å². The van der Waals surface area contributed by atoms with E-state index in [9.17, 15) is 0 Å². The topological polar surface area (TPSA) is 26.0 Å². The Hall–Kier alpha value is -3.43. The van der Waals surface area contributed by atoms with Gasteiger partial charge in [-0.05, 0) is 76.9 Å². The van der Waals surface area contributed by atoms with Gasteiger partial charge in [-0.1, -0.05) is 71.0 Å². The van der Waals surface area contributed by atoms with E-state index >= 15 is 0 Å². The normalized spacial score (nSPS) is 12.4. The zero-order valence-corrected chi connectivity index (χ0v) is 23.3. The molecule has 0 saturated carbocycles. The van der Waals surface area contributed by atoms with Crippen LogP contribution in [0.1, 0.15) is 50.6 Å². The molecule has 0 bridgehead atoms. The van der Waals surface area contributed by atoms with Crippen LogP contribution in [-0.2, 0) is 11.8 Å². The lowest BCUT2D eigenvalue weighted by atomic mass is 9.82. The van der Waals surface area contributed by atoms with Crippen molar-refractivity contribution in [3.8, 4) is 22.6 Å². The predicted molar refractivity (Wildman–Crippen MR) is 160 cm³/mol. The van der Waals surface area contributed by atoms with E-state index in [4.69, 9.17) is 9.40 Å². The van der Waals surface area contributed by atoms with E-state index in [-0.39, 0.29) is 5.41 Å². The summed E-state index contributed by atoms with van der Waals surface area (Å²) >= 11 is 1.92. The second-order valence-corrected chi connectivity index (χ2v) is 12.7. The van der Waals surface area contributed by atoms with Gasteiger partial charge in [0, 0.05) is 37.7 Å². The van der Waals surface area contributed by atoms with E-state index in [2.05, 4.69) is 108 Å². The van der Waals surface area contributed by atoms with Crippen molar-refractivity contribution in [2.45, 2.75) is 53.4 Å². The number of furan rings is 1. The Morgan fingerprint density at radius 2 is 1.73 bits per heavy atom. The number of aromatic nitrogens is 1. The van der Waals surface area contributed by atoms with Gasteiger partial charge in [0.25, 0.3) is 0 Å². The minimum absolute atomic E-state index is 0.0116. The van der Waals surface area contributed by atoms with Gasteiger partial charge in [0.2, 0.25) is 0 Å². The zero-order chi connectivity index (χ0) is 25.9. The molecule has 2 nitrogen and oxygen atoms in total. The Kier molecular flexibility index (Phi) is 5.72. The second kappa shape index (κ2) is 8.85. The monoisotopic (exact) mass is 503 g/mol. The van der Waals surface area contributed by atoms with E-state index in [1.54, 1.807) is 0 Å². The van der Waals surface area contributed by atoms with E-state index in [1.807, 2.05) is 17.5 Å². The third kappa shape index (κ3) is 4.16. The first kappa shape index (κ1) is 23.9. The minimum atomic E-state index is 0.0116. The largest absolute Gasteiger partial charge is 0.454 e. The number of hydrogen-bond donors (Lipinski definition) is 0. The van der Waals surface area contributed by atoms with Crippen molar-refractivity contribution in [3.05, 3.63) is 88.9 Å². The molecule has 0 aliphatic heterocycles. The first-order valence-electron chi connectivity index (χ1n) is 13.1. The highest BCUT2D eigenvalue weighted by molar-refractivity contribution is 7.19. The number of hydrogen-bond acceptors (Lipinski definition) is 3. The summed E-state index contributed by atoms with van der Waals surface area (Å²) in [5.41, 5.74) is 6.72. The third-order valence-electron chi connectivity index (χ3n) is 7.29. The van der Waals surface area contributed by atoms with Gasteiger partial charge in [-0.2, -0.15) is 0 Å². The summed E-state index contributed by atoms with van der Waals surface area (Å²) in [6, 6.07) is 24.0. The zero-order valence-electron chi connectivity index (χ0n) is 22.5. The van der Waals surface area contributed by atoms with Crippen LogP contribution in [0.4, 0.5) is 0 Å². The molecule has 0 aliphatic rings. The summed E-state index contributed by atoms with van der Waals surface area (Å²) in [6.45, 7) is 13.7. The van der Waals surface area contributed by atoms with Crippen molar-refractivity contribution in [1.82, 2.24) is 4.98 Å². The maximum absolute atomic E-state index is 6.67. The van der Waals surface area contributed by atoms with Gasteiger partial charge in [0.1, 0.15) is 11.5 Å². The highest BCUT2D eigenvalue weighted by Gasteiger charge is 2.21. The van der Waals surface area contributed by atoms with Gasteiger partial charge in [-0.15, -0.1) is 11.3 Å². The molecule has 6 aromatic rings. The molecule has 3 aromatic heterocycles. The maximum Gasteiger partial charge on any atom is 0.161 e. The standard InChI is InChI=1S/C34H33NOS/c1-20(2)16-30-21(3)31-26(12-9-13-29(31)37-30)28-19-23-14-15-35-32(33(23)36-28)24-17-22-10-7-8-11-25(22)27(18-24)34(4,5)6/h7-15,17-20H,16H2,1-6H3. The first-order chi connectivity index (χ1) is 17.7. The third-order valence-corrected chi connectivity index (χ3v) is 8.57. The lowest BCUT2D eigenvalue weighted by Crippen LogP contribution is -2.12. The van der Waals surface area contributed by atoms with Crippen molar-refractivity contribution in [2.24, 2.45) is 5.92 Å². The molecule has 0 fully saturated rings. The smallest absolute Gasteiger partial charge is 0.161 e. The van der Waals surface area contributed by atoms with E-state index in [0.29, 0.717) is 5.92 Å². The van der Waals surface area contributed by atoms with Crippen LogP contribution >= 0.6 is 11.3 Å². The Bertz CT molecular complexity index is 1780. The average molecular weight is 504 g/mol. The van der Waals surface area contributed by atoms with Crippen LogP contribution in [0.5, 0.6) is 0 Å². The Labute approximate surface area is 223 Å². The van der Waals surface area contributed by atoms with Crippen LogP contribution in [0.15, 0.2) is 77.3 Å². The highest BCUT2D eigenvalue weighted by atomic mass is 32.1. The van der Waals surface area contributed by atoms with Crippen molar-refractivity contribution < 1.29 is 4.42 Å². The SMILES string of the molecule is Cc1c(CC(C)C)sc2cccc(-c3cc4ccnc(-c5cc(C(C)(C)C)c6ccccc6c5)c4o3)c12. The van der Waals surface area contributed by atoms with Crippen molar-refractivity contribution in [2.75, 3.05) is 0 Å². The molecule has 0 atom stereocenters. The summed E-state index contributed by atoms with van der Waals surface area (Å²) in [5.74, 6) is 1.54. The number of nitrogens with zero attached hydrogens (tertiary/aromatic N) is 1. The molecular weight excluding hydrogens is 470 g/mol.